The van der Waals surface area contributed by atoms with E-state index in [0.29, 0.717) is 5.82 Å². The van der Waals surface area contributed by atoms with E-state index < -0.39 is 11.7 Å². The van der Waals surface area contributed by atoms with E-state index in [2.05, 4.69) is 15.6 Å². The zero-order chi connectivity index (χ0) is 11.3. The molecule has 0 atom stereocenters. The summed E-state index contributed by atoms with van der Waals surface area (Å²) in [5.41, 5.74) is -0.505. The van der Waals surface area contributed by atoms with Crippen molar-refractivity contribution in [1.29, 1.82) is 0 Å². The number of nitrogens with zero attached hydrogens (tertiary/aromatic N) is 1. The number of amides is 1. The number of carbonyl (C=O) groups excluding carboxylic acids is 1. The van der Waals surface area contributed by atoms with Gasteiger partial charge >= 0.3 is 6.09 Å². The second kappa shape index (κ2) is 4.63. The fourth-order valence-corrected chi connectivity index (χ4v) is 0.867. The predicted octanol–water partition coefficient (Wildman–Crippen LogP) is 1.50. The van der Waals surface area contributed by atoms with Gasteiger partial charge in [0, 0.05) is 12.4 Å². The third-order valence-electron chi connectivity index (χ3n) is 1.35. The van der Waals surface area contributed by atoms with Gasteiger partial charge in [-0.15, -0.1) is 0 Å². The van der Waals surface area contributed by atoms with E-state index in [0.717, 1.165) is 0 Å². The Hall–Kier alpha value is -1.78. The number of allylic oxidation sites excluding steroid dienone is 1. The average Bonchev–Trinajstić information content (AvgIpc) is 2.28. The van der Waals surface area contributed by atoms with E-state index >= 15 is 0 Å². The van der Waals surface area contributed by atoms with Crippen molar-refractivity contribution in [3.05, 3.63) is 24.3 Å². The van der Waals surface area contributed by atoms with Gasteiger partial charge in [0.15, 0.2) is 0 Å². The van der Waals surface area contributed by atoms with Crippen molar-refractivity contribution in [2.45, 2.75) is 26.4 Å². The minimum Gasteiger partial charge on any atom is -0.444 e. The van der Waals surface area contributed by atoms with Crippen LogP contribution in [0.3, 0.4) is 0 Å². The van der Waals surface area contributed by atoms with Gasteiger partial charge in [-0.05, 0) is 26.8 Å². The fourth-order valence-electron chi connectivity index (χ4n) is 0.867. The Morgan fingerprint density at radius 1 is 1.53 bits per heavy atom. The molecule has 1 heterocycles. The highest BCUT2D eigenvalue weighted by Gasteiger charge is 2.16. The second-order valence-electron chi connectivity index (χ2n) is 3.97. The summed E-state index contributed by atoms with van der Waals surface area (Å²) in [5, 5.41) is 5.38. The van der Waals surface area contributed by atoms with E-state index in [-0.39, 0.29) is 0 Å². The number of hydrogen-bond donors (Lipinski definition) is 2. The molecule has 0 aromatic heterocycles. The summed E-state index contributed by atoms with van der Waals surface area (Å²) in [5.74, 6) is 0.481. The highest BCUT2D eigenvalue weighted by molar-refractivity contribution is 5.73. The molecule has 0 radical (unpaired) electrons. The van der Waals surface area contributed by atoms with Gasteiger partial charge in [-0.2, -0.15) is 0 Å². The number of ether oxygens (including phenoxy) is 1. The summed E-state index contributed by atoms with van der Waals surface area (Å²) >= 11 is 0. The van der Waals surface area contributed by atoms with Crippen LogP contribution in [0.1, 0.15) is 20.8 Å². The summed E-state index contributed by atoms with van der Waals surface area (Å²) in [4.78, 5) is 15.2. The number of carbonyl (C=O) groups is 1. The lowest BCUT2D eigenvalue weighted by Crippen LogP contribution is -2.35. The van der Waals surface area contributed by atoms with E-state index in [1.807, 2.05) is 0 Å². The molecule has 15 heavy (non-hydrogen) atoms. The quantitative estimate of drug-likeness (QED) is 0.687. The summed E-state index contributed by atoms with van der Waals surface area (Å²) in [7, 11) is 0. The smallest absolute Gasteiger partial charge is 0.413 e. The highest BCUT2D eigenvalue weighted by Crippen LogP contribution is 2.06. The van der Waals surface area contributed by atoms with Crippen LogP contribution in [0.2, 0.25) is 0 Å². The molecule has 5 nitrogen and oxygen atoms in total. The Morgan fingerprint density at radius 3 is 2.93 bits per heavy atom. The Morgan fingerprint density at radius 2 is 2.27 bits per heavy atom. The number of alkyl carbamates (subject to hydrolysis) is 1. The molecular formula is C10H15N3O2. The van der Waals surface area contributed by atoms with Crippen molar-refractivity contribution in [3.63, 3.8) is 0 Å². The Labute approximate surface area is 88.9 Å². The summed E-state index contributed by atoms with van der Waals surface area (Å²) < 4.78 is 5.07. The van der Waals surface area contributed by atoms with Gasteiger partial charge in [-0.3, -0.25) is 10.3 Å². The zero-order valence-electron chi connectivity index (χ0n) is 9.07. The molecule has 1 aliphatic rings. The lowest BCUT2D eigenvalue weighted by molar-refractivity contribution is 0.0543. The molecule has 0 bridgehead atoms. The molecule has 0 unspecified atom stereocenters. The molecule has 1 aliphatic heterocycles. The monoisotopic (exact) mass is 209 g/mol. The molecule has 0 aliphatic carbocycles. The van der Waals surface area contributed by atoms with Crippen molar-refractivity contribution in [2.24, 2.45) is 4.99 Å². The van der Waals surface area contributed by atoms with E-state index in [9.17, 15) is 4.79 Å². The van der Waals surface area contributed by atoms with Gasteiger partial charge in [0.1, 0.15) is 11.4 Å². The third-order valence-corrected chi connectivity index (χ3v) is 1.35. The number of hydrogen-bond acceptors (Lipinski definition) is 4. The van der Waals surface area contributed by atoms with Crippen LogP contribution in [-0.2, 0) is 4.74 Å². The first-order valence-electron chi connectivity index (χ1n) is 4.62. The van der Waals surface area contributed by atoms with Crippen molar-refractivity contribution in [2.75, 3.05) is 0 Å². The van der Waals surface area contributed by atoms with Crippen LogP contribution in [0.25, 0.3) is 0 Å². The van der Waals surface area contributed by atoms with Gasteiger partial charge in [-0.1, -0.05) is 0 Å². The van der Waals surface area contributed by atoms with Gasteiger partial charge < -0.3 is 10.1 Å². The molecular weight excluding hydrogens is 194 g/mol. The topological polar surface area (TPSA) is 62.7 Å². The second-order valence-corrected chi connectivity index (χ2v) is 3.97. The van der Waals surface area contributed by atoms with Gasteiger partial charge in [0.05, 0.1) is 6.20 Å². The van der Waals surface area contributed by atoms with Crippen LogP contribution < -0.4 is 10.6 Å². The first-order valence-corrected chi connectivity index (χ1v) is 4.62. The minimum absolute atomic E-state index is 0.481. The van der Waals surface area contributed by atoms with Gasteiger partial charge in [0.25, 0.3) is 0 Å². The minimum atomic E-state index is -0.508. The fraction of sp³-hybridized carbons (Fsp3) is 0.400. The standard InChI is InChI=1S/C10H15N3O2/c1-10(2,3)15-9(14)13-8-7-11-5-4-6-12-8/h4-7,12H,1-3H3,(H,13,14). The van der Waals surface area contributed by atoms with Crippen LogP contribution in [0.5, 0.6) is 0 Å². The van der Waals surface area contributed by atoms with Crippen LogP contribution in [0.15, 0.2) is 29.3 Å². The maximum absolute atomic E-state index is 11.3. The molecule has 0 fully saturated rings. The zero-order valence-corrected chi connectivity index (χ0v) is 9.07. The molecule has 0 aromatic rings. The van der Waals surface area contributed by atoms with E-state index in [1.54, 1.807) is 39.3 Å². The molecule has 2 N–H and O–H groups in total. The number of nitrogens with one attached hydrogen (secondary N) is 2. The highest BCUT2D eigenvalue weighted by atomic mass is 16.6. The molecule has 0 spiro atoms. The van der Waals surface area contributed by atoms with Crippen molar-refractivity contribution in [3.8, 4) is 0 Å². The van der Waals surface area contributed by atoms with Crippen LogP contribution in [0, 0.1) is 0 Å². The maximum atomic E-state index is 11.3. The average molecular weight is 209 g/mol. The Bertz CT molecular complexity index is 324. The van der Waals surface area contributed by atoms with Gasteiger partial charge in [-0.25, -0.2) is 4.79 Å². The van der Waals surface area contributed by atoms with Crippen LogP contribution in [0.4, 0.5) is 4.79 Å². The maximum Gasteiger partial charge on any atom is 0.413 e. The van der Waals surface area contributed by atoms with Crippen LogP contribution >= 0.6 is 0 Å². The first kappa shape index (κ1) is 11.3. The summed E-state index contributed by atoms with van der Waals surface area (Å²) in [6, 6.07) is 0. The van der Waals surface area contributed by atoms with E-state index in [4.69, 9.17) is 4.74 Å². The first-order chi connectivity index (χ1) is 6.97. The lowest BCUT2D eigenvalue weighted by atomic mass is 10.2. The molecule has 82 valence electrons. The third kappa shape index (κ3) is 4.85. The number of rotatable bonds is 1. The molecule has 5 heteroatoms. The van der Waals surface area contributed by atoms with Crippen molar-refractivity contribution < 1.29 is 9.53 Å². The summed E-state index contributed by atoms with van der Waals surface area (Å²) in [6.45, 7) is 5.42. The molecule has 1 amide bonds. The SMILES string of the molecule is CC(C)(C)OC(=O)NC1=CN=CC=CN1. The number of aliphatic imine (C=N–C) groups is 1. The van der Waals surface area contributed by atoms with E-state index in [1.165, 1.54) is 6.20 Å². The molecule has 1 rings (SSSR count). The van der Waals surface area contributed by atoms with Crippen molar-refractivity contribution in [1.82, 2.24) is 10.6 Å². The Balaban J connectivity index is 2.48. The molecule has 0 saturated heterocycles. The molecule has 0 saturated carbocycles. The molecule has 0 aromatic carbocycles. The summed E-state index contributed by atoms with van der Waals surface area (Å²) in [6.07, 6.45) is 5.99. The van der Waals surface area contributed by atoms with Crippen molar-refractivity contribution >= 4 is 12.3 Å². The normalized spacial score (nSPS) is 15.0. The lowest BCUT2D eigenvalue weighted by Gasteiger charge is -2.20. The Kier molecular flexibility index (Phi) is 3.49. The van der Waals surface area contributed by atoms with Gasteiger partial charge in [0.2, 0.25) is 0 Å². The van der Waals surface area contributed by atoms with Crippen LogP contribution in [-0.4, -0.2) is 17.9 Å². The predicted molar refractivity (Wildman–Crippen MR) is 58.2 cm³/mol. The largest absolute Gasteiger partial charge is 0.444 e.